The summed E-state index contributed by atoms with van der Waals surface area (Å²) in [6.07, 6.45) is 10.4. The molecule has 7 rings (SSSR count). The summed E-state index contributed by atoms with van der Waals surface area (Å²) in [6.45, 7) is 10.6. The predicted octanol–water partition coefficient (Wildman–Crippen LogP) is 7.79. The molecule has 0 spiro atoms. The van der Waals surface area contributed by atoms with E-state index in [4.69, 9.17) is 31.6 Å². The maximum Gasteiger partial charge on any atom is 0.256 e. The first-order valence-electron chi connectivity index (χ1n) is 20.2. The first kappa shape index (κ1) is 41.9. The average Bonchev–Trinajstić information content (AvgIpc) is 3.79. The average molecular weight is 825 g/mol. The van der Waals surface area contributed by atoms with Crippen LogP contribution in [0, 0.1) is 11.8 Å². The van der Waals surface area contributed by atoms with Crippen molar-refractivity contribution in [1.82, 2.24) is 4.90 Å². The lowest BCUT2D eigenvalue weighted by atomic mass is 9.94. The Morgan fingerprint density at radius 3 is 2.60 bits per heavy atom. The third-order valence-corrected chi connectivity index (χ3v) is 13.1. The van der Waals surface area contributed by atoms with Crippen molar-refractivity contribution >= 4 is 54.3 Å². The van der Waals surface area contributed by atoms with Gasteiger partial charge in [-0.1, -0.05) is 74.5 Å². The van der Waals surface area contributed by atoms with Crippen molar-refractivity contribution in [1.29, 1.82) is 0 Å². The molecule has 1 saturated heterocycles. The number of thiol groups is 1. The van der Waals surface area contributed by atoms with Gasteiger partial charge in [-0.2, -0.15) is 24.4 Å². The molecular weight excluding hydrogens is 769 g/mol. The number of nitrogens with one attached hydrogen (secondary N) is 1. The minimum atomic E-state index is -0.369. The maximum atomic E-state index is 14.0. The summed E-state index contributed by atoms with van der Waals surface area (Å²) in [4.78, 5) is 35.8. The van der Waals surface area contributed by atoms with Gasteiger partial charge in [-0.05, 0) is 60.4 Å². The van der Waals surface area contributed by atoms with Crippen LogP contribution >= 0.6 is 24.4 Å². The van der Waals surface area contributed by atoms with Crippen LogP contribution in [0.5, 0.6) is 11.5 Å². The first-order valence-corrected chi connectivity index (χ1v) is 21.8. The Labute approximate surface area is 352 Å². The molecule has 10 nitrogen and oxygen atoms in total. The van der Waals surface area contributed by atoms with Gasteiger partial charge < -0.3 is 39.1 Å². The Kier molecular flexibility index (Phi) is 13.6. The zero-order chi connectivity index (χ0) is 40.8. The topological polar surface area (TPSA) is 102 Å². The van der Waals surface area contributed by atoms with Gasteiger partial charge in [0.1, 0.15) is 6.61 Å². The van der Waals surface area contributed by atoms with E-state index in [0.717, 1.165) is 52.4 Å². The van der Waals surface area contributed by atoms with Gasteiger partial charge in [-0.15, -0.1) is 0 Å². The monoisotopic (exact) mass is 824 g/mol. The number of hydrogen-bond donors (Lipinski definition) is 2. The van der Waals surface area contributed by atoms with Gasteiger partial charge in [0.2, 0.25) is 5.91 Å². The van der Waals surface area contributed by atoms with E-state index in [1.165, 1.54) is 5.56 Å². The van der Waals surface area contributed by atoms with Gasteiger partial charge in [-0.3, -0.25) is 9.59 Å². The van der Waals surface area contributed by atoms with Gasteiger partial charge >= 0.3 is 0 Å². The standard InChI is InChI=1S/C46H56N4O6S2/c1-46(2,57)29-58-28-32-17-30(25-55-27-37(53-4)20-35(23-47-3)44(51)49-15-14-33-10-6-8-12-40(33)49)16-31(18-32)26-56-43-22-39-38(21-42(43)54-5)45(52)50-36(24-48-39)19-34-11-7-9-13-41(34)50/h6-13,16-18,21-22,34-37,41,48,57H,3,14-15,19-20,23-29H2,1-2,4-5H3/t34?,35?,36-,37?,41?/m0/s1. The summed E-state index contributed by atoms with van der Waals surface area (Å²) in [5, 5.41) is 3.55. The van der Waals surface area contributed by atoms with Crippen molar-refractivity contribution in [3.8, 4) is 11.5 Å². The highest BCUT2D eigenvalue weighted by Crippen LogP contribution is 2.41. The molecule has 4 aliphatic rings. The summed E-state index contributed by atoms with van der Waals surface area (Å²) in [6, 6.07) is 18.4. The largest absolute Gasteiger partial charge is 0.493 e. The number of methoxy groups -OCH3 is 2. The molecule has 0 bridgehead atoms. The third kappa shape index (κ3) is 9.79. The van der Waals surface area contributed by atoms with E-state index in [9.17, 15) is 9.59 Å². The maximum absolute atomic E-state index is 14.0. The van der Waals surface area contributed by atoms with E-state index in [0.29, 0.717) is 68.9 Å². The number of nitrogens with zero attached hydrogens (tertiary/aromatic N) is 3. The molecule has 5 atom stereocenters. The quantitative estimate of drug-likeness (QED) is 0.0991. The van der Waals surface area contributed by atoms with E-state index in [1.54, 1.807) is 14.2 Å². The minimum absolute atomic E-state index is 0.00843. The number of ether oxygens (including phenoxy) is 4. The summed E-state index contributed by atoms with van der Waals surface area (Å²) >= 11 is 6.56. The molecule has 308 valence electrons. The molecule has 58 heavy (non-hydrogen) atoms. The number of fused-ring (bicyclic) bond motifs is 5. The number of carbonyl (C=O) groups is 2. The highest BCUT2D eigenvalue weighted by molar-refractivity contribution is 7.99. The van der Waals surface area contributed by atoms with E-state index in [2.05, 4.69) is 73.4 Å². The molecule has 0 aromatic heterocycles. The zero-order valence-corrected chi connectivity index (χ0v) is 35.7. The molecule has 3 aromatic carbocycles. The Bertz CT molecular complexity index is 2030. The molecule has 0 saturated carbocycles. The van der Waals surface area contributed by atoms with Crippen LogP contribution in [-0.4, -0.2) is 92.6 Å². The SMILES string of the molecule is C=NCC(CC(COCc1cc(COc2cc3c(cc2OC)C(=O)N2C4C=CC=CC4C[C@H]2CN3)cc(CSCC(C)(C)S)c1)OC)C(=O)N1CCc2ccccc21. The van der Waals surface area contributed by atoms with Gasteiger partial charge in [0.25, 0.3) is 5.91 Å². The fourth-order valence-corrected chi connectivity index (χ4v) is 9.84. The molecule has 3 aliphatic heterocycles. The molecule has 1 N–H and O–H groups in total. The number of benzene rings is 3. The number of carbonyl (C=O) groups excluding carboxylic acids is 2. The van der Waals surface area contributed by atoms with E-state index >= 15 is 0 Å². The molecule has 12 heteroatoms. The number of thioether (sulfide) groups is 1. The number of rotatable bonds is 18. The van der Waals surface area contributed by atoms with E-state index in [1.807, 2.05) is 58.0 Å². The molecule has 2 amide bonds. The summed E-state index contributed by atoms with van der Waals surface area (Å²) in [5.74, 6) is 2.80. The van der Waals surface area contributed by atoms with Crippen LogP contribution in [0.15, 0.2) is 83.9 Å². The van der Waals surface area contributed by atoms with Crippen molar-refractivity contribution < 1.29 is 28.5 Å². The molecule has 3 heterocycles. The molecular formula is C46H56N4O6S2. The van der Waals surface area contributed by atoms with Crippen molar-refractivity contribution in [2.75, 3.05) is 56.4 Å². The highest BCUT2D eigenvalue weighted by Gasteiger charge is 2.44. The number of amides is 2. The van der Waals surface area contributed by atoms with Crippen LogP contribution in [-0.2, 0) is 39.7 Å². The fraction of sp³-hybridized carbons (Fsp3) is 0.457. The zero-order valence-electron chi connectivity index (χ0n) is 34.0. The van der Waals surface area contributed by atoms with Crippen LogP contribution in [0.1, 0.15) is 59.3 Å². The number of para-hydroxylation sites is 1. The summed E-state index contributed by atoms with van der Waals surface area (Å²) < 4.78 is 24.3. The van der Waals surface area contributed by atoms with Gasteiger partial charge in [-0.25, -0.2) is 0 Å². The first-order chi connectivity index (χ1) is 28.0. The van der Waals surface area contributed by atoms with Gasteiger partial charge in [0, 0.05) is 60.7 Å². The van der Waals surface area contributed by atoms with Crippen molar-refractivity contribution in [3.63, 3.8) is 0 Å². The van der Waals surface area contributed by atoms with Crippen LogP contribution in [0.4, 0.5) is 11.4 Å². The number of anilines is 2. The van der Waals surface area contributed by atoms with Gasteiger partial charge in [0.05, 0.1) is 55.7 Å². The Balaban J connectivity index is 1.03. The van der Waals surface area contributed by atoms with Crippen LogP contribution < -0.4 is 19.7 Å². The lowest BCUT2D eigenvalue weighted by Crippen LogP contribution is -2.42. The lowest BCUT2D eigenvalue weighted by molar-refractivity contribution is -0.123. The second-order valence-corrected chi connectivity index (χ2v) is 18.5. The number of aliphatic imine (C=N–C) groups is 1. The van der Waals surface area contributed by atoms with Gasteiger partial charge in [0.15, 0.2) is 11.5 Å². The Morgan fingerprint density at radius 1 is 1.05 bits per heavy atom. The smallest absolute Gasteiger partial charge is 0.256 e. The molecule has 4 unspecified atom stereocenters. The third-order valence-electron chi connectivity index (χ3n) is 11.3. The van der Waals surface area contributed by atoms with Crippen LogP contribution in [0.3, 0.4) is 0 Å². The van der Waals surface area contributed by atoms with E-state index < -0.39 is 0 Å². The van der Waals surface area contributed by atoms with Crippen LogP contribution in [0.2, 0.25) is 0 Å². The second kappa shape index (κ2) is 18.8. The van der Waals surface area contributed by atoms with Crippen LogP contribution in [0.25, 0.3) is 0 Å². The Morgan fingerprint density at radius 2 is 1.83 bits per heavy atom. The molecule has 3 aromatic rings. The predicted molar refractivity (Wildman–Crippen MR) is 237 cm³/mol. The Hall–Kier alpha value is -4.23. The normalized spacial score (nSPS) is 20.4. The molecule has 1 aliphatic carbocycles. The van der Waals surface area contributed by atoms with Crippen molar-refractivity contribution in [3.05, 3.63) is 107 Å². The minimum Gasteiger partial charge on any atom is -0.493 e. The van der Waals surface area contributed by atoms with E-state index in [-0.39, 0.29) is 40.7 Å². The number of hydrogen-bond acceptors (Lipinski definition) is 10. The fourth-order valence-electron chi connectivity index (χ4n) is 8.56. The number of allylic oxidation sites excluding steroid dienone is 2. The summed E-state index contributed by atoms with van der Waals surface area (Å²) in [7, 11) is 3.26. The summed E-state index contributed by atoms with van der Waals surface area (Å²) in [5.41, 5.74) is 6.66. The van der Waals surface area contributed by atoms with Crippen molar-refractivity contribution in [2.24, 2.45) is 16.8 Å². The molecule has 1 fully saturated rings. The lowest BCUT2D eigenvalue weighted by Gasteiger charge is -2.28. The molecule has 0 radical (unpaired) electrons. The van der Waals surface area contributed by atoms with Crippen molar-refractivity contribution in [2.45, 2.75) is 75.0 Å². The second-order valence-electron chi connectivity index (χ2n) is 16.3. The highest BCUT2D eigenvalue weighted by atomic mass is 32.2.